The highest BCUT2D eigenvalue weighted by atomic mass is 32.1. The van der Waals surface area contributed by atoms with Crippen LogP contribution in [0.3, 0.4) is 0 Å². The van der Waals surface area contributed by atoms with E-state index in [0.29, 0.717) is 19.0 Å². The van der Waals surface area contributed by atoms with Crippen molar-refractivity contribution in [3.8, 4) is 0 Å². The Bertz CT molecular complexity index is 394. The average Bonchev–Trinajstić information content (AvgIpc) is 2.98. The zero-order valence-electron chi connectivity index (χ0n) is 11.3. The van der Waals surface area contributed by atoms with Crippen LogP contribution < -0.4 is 5.32 Å². The highest BCUT2D eigenvalue weighted by molar-refractivity contribution is 7.07. The first-order valence-corrected chi connectivity index (χ1v) is 7.80. The van der Waals surface area contributed by atoms with Crippen LogP contribution in [-0.4, -0.2) is 42.3 Å². The lowest BCUT2D eigenvalue weighted by Gasteiger charge is -2.32. The quantitative estimate of drug-likeness (QED) is 0.890. The molecule has 0 radical (unpaired) electrons. The van der Waals surface area contributed by atoms with Crippen molar-refractivity contribution in [2.45, 2.75) is 25.7 Å². The van der Waals surface area contributed by atoms with Gasteiger partial charge in [0.1, 0.15) is 0 Å². The molecule has 19 heavy (non-hydrogen) atoms. The lowest BCUT2D eigenvalue weighted by molar-refractivity contribution is 0.129. The summed E-state index contributed by atoms with van der Waals surface area (Å²) in [5.74, 6) is 0.586. The summed E-state index contributed by atoms with van der Waals surface area (Å²) in [5.41, 5.74) is 1.28. The van der Waals surface area contributed by atoms with Crippen LogP contribution in [0.4, 0.5) is 4.79 Å². The smallest absolute Gasteiger partial charge is 0.317 e. The highest BCUT2D eigenvalue weighted by Crippen LogP contribution is 2.18. The molecule has 1 saturated heterocycles. The predicted octanol–water partition coefficient (Wildman–Crippen LogP) is 2.27. The third-order valence-electron chi connectivity index (χ3n) is 3.74. The number of nitrogens with zero attached hydrogens (tertiary/aromatic N) is 1. The van der Waals surface area contributed by atoms with Crippen molar-refractivity contribution < 1.29 is 9.90 Å². The summed E-state index contributed by atoms with van der Waals surface area (Å²) in [7, 11) is 0. The number of rotatable bonds is 4. The third kappa shape index (κ3) is 3.94. The van der Waals surface area contributed by atoms with Crippen molar-refractivity contribution in [1.82, 2.24) is 10.2 Å². The van der Waals surface area contributed by atoms with E-state index in [9.17, 15) is 9.90 Å². The first kappa shape index (κ1) is 14.3. The van der Waals surface area contributed by atoms with Crippen LogP contribution in [0.25, 0.3) is 0 Å². The Morgan fingerprint density at radius 3 is 3.21 bits per heavy atom. The summed E-state index contributed by atoms with van der Waals surface area (Å²) in [6.45, 7) is 4.43. The summed E-state index contributed by atoms with van der Waals surface area (Å²) in [5, 5.41) is 16.4. The molecule has 5 heteroatoms. The molecule has 2 N–H and O–H groups in total. The zero-order chi connectivity index (χ0) is 13.7. The van der Waals surface area contributed by atoms with Crippen LogP contribution in [0.1, 0.15) is 31.2 Å². The van der Waals surface area contributed by atoms with Gasteiger partial charge in [-0.3, -0.25) is 0 Å². The molecular formula is C14H22N2O2S. The fraction of sp³-hybridized carbons (Fsp3) is 0.643. The number of likely N-dealkylation sites (tertiary alicyclic amines) is 1. The van der Waals surface area contributed by atoms with Crippen LogP contribution in [0, 0.1) is 5.92 Å². The second kappa shape index (κ2) is 6.91. The Morgan fingerprint density at radius 1 is 1.68 bits per heavy atom. The van der Waals surface area contributed by atoms with Gasteiger partial charge in [0, 0.05) is 26.2 Å². The van der Waals surface area contributed by atoms with E-state index >= 15 is 0 Å². The Morgan fingerprint density at radius 2 is 2.53 bits per heavy atom. The first-order chi connectivity index (χ1) is 9.20. The molecule has 2 amide bonds. The van der Waals surface area contributed by atoms with E-state index in [1.165, 1.54) is 5.56 Å². The molecule has 4 nitrogen and oxygen atoms in total. The average molecular weight is 282 g/mol. The molecule has 1 aliphatic heterocycles. The van der Waals surface area contributed by atoms with E-state index in [0.717, 1.165) is 19.4 Å². The summed E-state index contributed by atoms with van der Waals surface area (Å²) in [4.78, 5) is 13.9. The minimum atomic E-state index is 0.000213. The van der Waals surface area contributed by atoms with E-state index in [1.807, 2.05) is 4.90 Å². The summed E-state index contributed by atoms with van der Waals surface area (Å²) < 4.78 is 0. The highest BCUT2D eigenvalue weighted by Gasteiger charge is 2.23. The van der Waals surface area contributed by atoms with Gasteiger partial charge in [0.05, 0.1) is 0 Å². The fourth-order valence-electron chi connectivity index (χ4n) is 2.42. The maximum Gasteiger partial charge on any atom is 0.317 e. The number of thiophene rings is 1. The van der Waals surface area contributed by atoms with Gasteiger partial charge in [-0.1, -0.05) is 6.92 Å². The lowest BCUT2D eigenvalue weighted by atomic mass is 9.99. The summed E-state index contributed by atoms with van der Waals surface area (Å²) >= 11 is 1.68. The van der Waals surface area contributed by atoms with Gasteiger partial charge in [-0.05, 0) is 47.1 Å². The largest absolute Gasteiger partial charge is 0.396 e. The molecule has 0 saturated carbocycles. The Hall–Kier alpha value is -1.07. The molecule has 2 heterocycles. The van der Waals surface area contributed by atoms with Crippen molar-refractivity contribution in [2.75, 3.05) is 26.2 Å². The van der Waals surface area contributed by atoms with Crippen LogP contribution in [-0.2, 0) is 0 Å². The molecule has 1 aromatic heterocycles. The first-order valence-electron chi connectivity index (χ1n) is 6.86. The van der Waals surface area contributed by atoms with E-state index in [2.05, 4.69) is 29.1 Å². The second-order valence-electron chi connectivity index (χ2n) is 5.28. The van der Waals surface area contributed by atoms with Gasteiger partial charge in [0.25, 0.3) is 0 Å². The maximum absolute atomic E-state index is 12.1. The van der Waals surface area contributed by atoms with Crippen molar-refractivity contribution in [2.24, 2.45) is 5.92 Å². The monoisotopic (exact) mass is 282 g/mol. The molecule has 1 fully saturated rings. The number of nitrogens with one attached hydrogen (secondary N) is 1. The minimum Gasteiger partial charge on any atom is -0.396 e. The zero-order valence-corrected chi connectivity index (χ0v) is 12.2. The van der Waals surface area contributed by atoms with Gasteiger partial charge in [-0.2, -0.15) is 11.3 Å². The molecule has 0 bridgehead atoms. The van der Waals surface area contributed by atoms with Crippen molar-refractivity contribution >= 4 is 17.4 Å². The standard InChI is InChI=1S/C14H22N2O2S/c1-11(13-4-6-19-10-13)7-15-14(18)16-5-2-3-12(8-16)9-17/h4,6,10-12,17H,2-3,5,7-9H2,1H3,(H,15,18). The van der Waals surface area contributed by atoms with Gasteiger partial charge in [0.2, 0.25) is 0 Å². The number of aliphatic hydroxyl groups is 1. The number of amides is 2. The normalized spacial score (nSPS) is 21.2. The van der Waals surface area contributed by atoms with Gasteiger partial charge in [-0.15, -0.1) is 0 Å². The van der Waals surface area contributed by atoms with Crippen LogP contribution in [0.2, 0.25) is 0 Å². The van der Waals surface area contributed by atoms with Crippen molar-refractivity contribution in [3.05, 3.63) is 22.4 Å². The second-order valence-corrected chi connectivity index (χ2v) is 6.06. The van der Waals surface area contributed by atoms with E-state index in [4.69, 9.17) is 0 Å². The molecule has 1 aromatic rings. The fourth-order valence-corrected chi connectivity index (χ4v) is 3.21. The third-order valence-corrected chi connectivity index (χ3v) is 4.44. The molecular weight excluding hydrogens is 260 g/mol. The molecule has 106 valence electrons. The Balaban J connectivity index is 1.77. The van der Waals surface area contributed by atoms with Crippen LogP contribution >= 0.6 is 11.3 Å². The molecule has 0 spiro atoms. The van der Waals surface area contributed by atoms with E-state index < -0.39 is 0 Å². The number of urea groups is 1. The van der Waals surface area contributed by atoms with Crippen molar-refractivity contribution in [3.63, 3.8) is 0 Å². The van der Waals surface area contributed by atoms with Gasteiger partial charge >= 0.3 is 6.03 Å². The molecule has 0 aromatic carbocycles. The SMILES string of the molecule is CC(CNC(=O)N1CCCC(CO)C1)c1ccsc1. The Labute approximate surface area is 118 Å². The molecule has 2 unspecified atom stereocenters. The van der Waals surface area contributed by atoms with Gasteiger partial charge in [0.15, 0.2) is 0 Å². The Kier molecular flexibility index (Phi) is 5.22. The molecule has 0 aliphatic carbocycles. The van der Waals surface area contributed by atoms with Crippen molar-refractivity contribution in [1.29, 1.82) is 0 Å². The van der Waals surface area contributed by atoms with E-state index in [1.54, 1.807) is 11.3 Å². The maximum atomic E-state index is 12.1. The molecule has 2 atom stereocenters. The number of hydrogen-bond acceptors (Lipinski definition) is 3. The molecule has 2 rings (SSSR count). The number of hydrogen-bond donors (Lipinski definition) is 2. The minimum absolute atomic E-state index is 0.000213. The number of aliphatic hydroxyl groups excluding tert-OH is 1. The summed E-state index contributed by atoms with van der Waals surface area (Å²) in [6, 6.07) is 2.10. The van der Waals surface area contributed by atoms with Gasteiger partial charge in [-0.25, -0.2) is 4.79 Å². The predicted molar refractivity (Wildman–Crippen MR) is 77.5 cm³/mol. The molecule has 1 aliphatic rings. The van der Waals surface area contributed by atoms with E-state index in [-0.39, 0.29) is 18.6 Å². The lowest BCUT2D eigenvalue weighted by Crippen LogP contribution is -2.46. The number of piperidine rings is 1. The number of carbonyl (C=O) groups is 1. The number of carbonyl (C=O) groups excluding carboxylic acids is 1. The topological polar surface area (TPSA) is 52.6 Å². The summed E-state index contributed by atoms with van der Waals surface area (Å²) in [6.07, 6.45) is 2.00. The van der Waals surface area contributed by atoms with Crippen LogP contribution in [0.15, 0.2) is 16.8 Å². The van der Waals surface area contributed by atoms with Gasteiger partial charge < -0.3 is 15.3 Å². The van der Waals surface area contributed by atoms with Crippen LogP contribution in [0.5, 0.6) is 0 Å².